The van der Waals surface area contributed by atoms with Crippen LogP contribution in [0, 0.1) is 13.8 Å². The van der Waals surface area contributed by atoms with E-state index in [2.05, 4.69) is 16.3 Å². The first-order valence-electron chi connectivity index (χ1n) is 16.1. The van der Waals surface area contributed by atoms with Crippen LogP contribution in [0.4, 0.5) is 17.1 Å². The molecule has 246 valence electrons. The molecule has 48 heavy (non-hydrogen) atoms. The van der Waals surface area contributed by atoms with Crippen LogP contribution < -0.4 is 15.1 Å². The lowest BCUT2D eigenvalue weighted by atomic mass is 9.94. The van der Waals surface area contributed by atoms with Gasteiger partial charge in [0.05, 0.1) is 22.1 Å². The fourth-order valence-electron chi connectivity index (χ4n) is 6.32. The van der Waals surface area contributed by atoms with Crippen molar-refractivity contribution in [1.82, 2.24) is 9.80 Å². The normalized spacial score (nSPS) is 15.2. The molecule has 0 aromatic heterocycles. The Morgan fingerprint density at radius 2 is 1.50 bits per heavy atom. The highest BCUT2D eigenvalue weighted by molar-refractivity contribution is 6.34. The first-order valence-corrected chi connectivity index (χ1v) is 16.4. The lowest BCUT2D eigenvalue weighted by Crippen LogP contribution is -2.50. The highest BCUT2D eigenvalue weighted by atomic mass is 35.5. The van der Waals surface area contributed by atoms with E-state index in [-0.39, 0.29) is 48.2 Å². The second kappa shape index (κ2) is 14.0. The van der Waals surface area contributed by atoms with E-state index >= 15 is 0 Å². The number of carbonyl (C=O) groups is 4. The van der Waals surface area contributed by atoms with Crippen molar-refractivity contribution in [3.8, 4) is 11.1 Å². The summed E-state index contributed by atoms with van der Waals surface area (Å²) in [6, 6.07) is 25.4. The van der Waals surface area contributed by atoms with Gasteiger partial charge in [0.1, 0.15) is 6.54 Å². The minimum absolute atomic E-state index is 0.0537. The Morgan fingerprint density at radius 1 is 0.792 bits per heavy atom. The van der Waals surface area contributed by atoms with E-state index in [4.69, 9.17) is 11.6 Å². The number of likely N-dealkylation sites (N-methyl/N-ethyl adjacent to an activating group) is 1. The van der Waals surface area contributed by atoms with Gasteiger partial charge in [-0.1, -0.05) is 65.7 Å². The third-order valence-electron chi connectivity index (χ3n) is 9.02. The molecule has 0 aliphatic carbocycles. The molecule has 1 N–H and O–H groups in total. The zero-order chi connectivity index (χ0) is 33.9. The first-order chi connectivity index (χ1) is 23.1. The van der Waals surface area contributed by atoms with Gasteiger partial charge in [0.25, 0.3) is 11.8 Å². The van der Waals surface area contributed by atoms with Gasteiger partial charge in [0.2, 0.25) is 11.8 Å². The molecule has 2 aliphatic rings. The number of nitrogens with zero attached hydrogens (tertiary/aromatic N) is 4. The van der Waals surface area contributed by atoms with Gasteiger partial charge in [-0.25, -0.2) is 0 Å². The van der Waals surface area contributed by atoms with Crippen molar-refractivity contribution in [1.29, 1.82) is 0 Å². The van der Waals surface area contributed by atoms with Crippen molar-refractivity contribution in [2.45, 2.75) is 20.3 Å². The Bertz CT molecular complexity index is 1900. The molecule has 6 rings (SSSR count). The maximum absolute atomic E-state index is 14.0. The summed E-state index contributed by atoms with van der Waals surface area (Å²) in [5.74, 6) is -1.01. The number of anilines is 3. The fraction of sp³-hybridized carbons (Fsp3) is 0.263. The van der Waals surface area contributed by atoms with Crippen molar-refractivity contribution in [3.05, 3.63) is 112 Å². The molecular weight excluding hydrogens is 626 g/mol. The average Bonchev–Trinajstić information content (AvgIpc) is 3.21. The van der Waals surface area contributed by atoms with Crippen LogP contribution in [-0.2, 0) is 9.59 Å². The van der Waals surface area contributed by atoms with E-state index in [1.165, 1.54) is 11.0 Å². The minimum Gasteiger partial charge on any atom is -0.339 e. The van der Waals surface area contributed by atoms with Crippen LogP contribution in [-0.4, -0.2) is 79.7 Å². The Labute approximate surface area is 285 Å². The number of aryl methyl sites for hydroxylation is 2. The molecule has 0 radical (unpaired) electrons. The summed E-state index contributed by atoms with van der Waals surface area (Å²) >= 11 is 6.67. The smallest absolute Gasteiger partial charge is 0.258 e. The van der Waals surface area contributed by atoms with Crippen LogP contribution in [0.15, 0.2) is 84.9 Å². The number of hydrogen-bond acceptors (Lipinski definition) is 5. The van der Waals surface area contributed by atoms with Gasteiger partial charge < -0.3 is 24.9 Å². The number of benzene rings is 4. The fourth-order valence-corrected chi connectivity index (χ4v) is 6.55. The second-order valence-electron chi connectivity index (χ2n) is 12.4. The molecule has 1 fully saturated rings. The first kappa shape index (κ1) is 32.9. The average molecular weight is 664 g/mol. The zero-order valence-electron chi connectivity index (χ0n) is 27.3. The molecule has 2 aliphatic heterocycles. The van der Waals surface area contributed by atoms with Gasteiger partial charge in [0.15, 0.2) is 0 Å². The molecule has 0 saturated carbocycles. The number of rotatable bonds is 6. The monoisotopic (exact) mass is 663 g/mol. The number of hydrogen-bond donors (Lipinski definition) is 1. The molecule has 1 saturated heterocycles. The van der Waals surface area contributed by atoms with E-state index in [1.54, 1.807) is 52.3 Å². The maximum Gasteiger partial charge on any atom is 0.258 e. The summed E-state index contributed by atoms with van der Waals surface area (Å²) < 4.78 is 0. The van der Waals surface area contributed by atoms with Crippen LogP contribution in [0.25, 0.3) is 11.1 Å². The van der Waals surface area contributed by atoms with E-state index < -0.39 is 0 Å². The molecule has 9 nitrogen and oxygen atoms in total. The lowest BCUT2D eigenvalue weighted by molar-refractivity contribution is -0.132. The van der Waals surface area contributed by atoms with Gasteiger partial charge >= 0.3 is 0 Å². The number of piperazine rings is 1. The molecule has 0 unspecified atom stereocenters. The highest BCUT2D eigenvalue weighted by Gasteiger charge is 2.32. The Morgan fingerprint density at radius 3 is 2.23 bits per heavy atom. The summed E-state index contributed by atoms with van der Waals surface area (Å²) in [6.07, 6.45) is 0.0537. The lowest BCUT2D eigenvalue weighted by Gasteiger charge is -2.34. The summed E-state index contributed by atoms with van der Waals surface area (Å²) in [4.78, 5) is 61.1. The van der Waals surface area contributed by atoms with Gasteiger partial charge in [-0.15, -0.1) is 0 Å². The summed E-state index contributed by atoms with van der Waals surface area (Å²) in [5.41, 5.74) is 6.21. The largest absolute Gasteiger partial charge is 0.339 e. The highest BCUT2D eigenvalue weighted by Crippen LogP contribution is 2.35. The predicted octanol–water partition coefficient (Wildman–Crippen LogP) is 6.03. The van der Waals surface area contributed by atoms with E-state index in [9.17, 15) is 19.2 Å². The molecule has 10 heteroatoms. The third-order valence-corrected chi connectivity index (χ3v) is 9.33. The molecular formula is C38H38ClN5O4. The molecule has 4 aromatic rings. The van der Waals surface area contributed by atoms with Crippen molar-refractivity contribution < 1.29 is 19.2 Å². The second-order valence-corrected chi connectivity index (χ2v) is 12.8. The Hall–Kier alpha value is -4.99. The standard InChI is InChI=1S/C38H38ClN5O4/c1-25-12-14-28(26(2)22-25)29-8-4-5-9-30(29)37(47)40-32-15-13-27(23-31(32)39)38(48)43-17-16-35(45)44(34-11-7-6-10-33(34)43)24-36(46)42-20-18-41(3)19-21-42/h4-15,22-23H,16-21,24H2,1-3H3,(H,40,47). The van der Waals surface area contributed by atoms with Crippen molar-refractivity contribution in [2.75, 3.05) is 61.4 Å². The molecule has 0 atom stereocenters. The summed E-state index contributed by atoms with van der Waals surface area (Å²) in [7, 11) is 2.02. The SMILES string of the molecule is Cc1ccc(-c2ccccc2C(=O)Nc2ccc(C(=O)N3CCC(=O)N(CC(=O)N4CCN(C)CC4)c4ccccc43)cc2Cl)c(C)c1. The molecule has 4 aromatic carbocycles. The van der Waals surface area contributed by atoms with Crippen molar-refractivity contribution in [3.63, 3.8) is 0 Å². The summed E-state index contributed by atoms with van der Waals surface area (Å²) in [5, 5.41) is 3.12. The van der Waals surface area contributed by atoms with Gasteiger partial charge in [-0.05, 0) is 74.0 Å². The Kier molecular flexibility index (Phi) is 9.61. The zero-order valence-corrected chi connectivity index (χ0v) is 28.1. The van der Waals surface area contributed by atoms with Crippen molar-refractivity contribution in [2.24, 2.45) is 0 Å². The number of fused-ring (bicyclic) bond motifs is 1. The Balaban J connectivity index is 1.21. The van der Waals surface area contributed by atoms with Gasteiger partial charge in [-0.2, -0.15) is 0 Å². The number of halogens is 1. The van der Waals surface area contributed by atoms with Gasteiger partial charge in [0, 0.05) is 50.3 Å². The minimum atomic E-state index is -0.345. The number of nitrogens with one attached hydrogen (secondary N) is 1. The number of carbonyl (C=O) groups excluding carboxylic acids is 4. The number of para-hydroxylation sites is 2. The molecule has 2 heterocycles. The molecule has 0 bridgehead atoms. The summed E-state index contributed by atoms with van der Waals surface area (Å²) in [6.45, 7) is 6.89. The van der Waals surface area contributed by atoms with Crippen LogP contribution in [0.1, 0.15) is 38.3 Å². The predicted molar refractivity (Wildman–Crippen MR) is 190 cm³/mol. The van der Waals surface area contributed by atoms with Gasteiger partial charge in [-0.3, -0.25) is 19.2 Å². The third kappa shape index (κ3) is 6.83. The van der Waals surface area contributed by atoms with Crippen LogP contribution in [0.5, 0.6) is 0 Å². The van der Waals surface area contributed by atoms with E-state index in [1.807, 2.05) is 51.2 Å². The van der Waals surface area contributed by atoms with Crippen molar-refractivity contribution >= 4 is 52.3 Å². The topological polar surface area (TPSA) is 93.3 Å². The van der Waals surface area contributed by atoms with E-state index in [0.29, 0.717) is 41.3 Å². The number of amides is 4. The quantitative estimate of drug-likeness (QED) is 0.272. The van der Waals surface area contributed by atoms with Crippen LogP contribution in [0.3, 0.4) is 0 Å². The maximum atomic E-state index is 14.0. The molecule has 4 amide bonds. The van der Waals surface area contributed by atoms with Crippen LogP contribution in [0.2, 0.25) is 5.02 Å². The van der Waals surface area contributed by atoms with Crippen LogP contribution >= 0.6 is 11.6 Å². The molecule has 0 spiro atoms. The van der Waals surface area contributed by atoms with E-state index in [0.717, 1.165) is 35.3 Å².